The molecular weight excluding hydrogens is 512 g/mol. The molecule has 0 atom stereocenters. The van der Waals surface area contributed by atoms with E-state index in [1.165, 1.54) is 12.1 Å². The average Bonchev–Trinajstić information content (AvgIpc) is 2.79. The molecule has 0 radical (unpaired) electrons. The Morgan fingerprint density at radius 1 is 1.30 bits per heavy atom. The minimum Gasteiger partial charge on any atom is -0.493 e. The fourth-order valence-electron chi connectivity index (χ4n) is 3.43. The van der Waals surface area contributed by atoms with Crippen LogP contribution in [0.5, 0.6) is 5.75 Å². The van der Waals surface area contributed by atoms with Gasteiger partial charge in [0.1, 0.15) is 16.0 Å². The van der Waals surface area contributed by atoms with Crippen LogP contribution in [0.15, 0.2) is 32.4 Å². The van der Waals surface area contributed by atoms with Crippen LogP contribution in [-0.2, 0) is 14.8 Å². The maximum atomic E-state index is 13.0. The van der Waals surface area contributed by atoms with Crippen LogP contribution in [0, 0.1) is 0 Å². The first-order valence-electron chi connectivity index (χ1n) is 11.1. The summed E-state index contributed by atoms with van der Waals surface area (Å²) in [5.74, 6) is 0.724. The standard InChI is InChI=1S/C22H31BrN4O5S/c1-4-11-32-18-6-5-16(33(29,30)24-7-8-27-9-12-31-13-10-27)14-17(18)21-25-20(15(2)3)19(23)22(28)26-21/h5-6,14-15,24H,4,7-13H2,1-3H3,(H,25,26,28). The summed E-state index contributed by atoms with van der Waals surface area (Å²) in [6.45, 7) is 10.1. The van der Waals surface area contributed by atoms with E-state index in [1.54, 1.807) is 6.07 Å². The summed E-state index contributed by atoms with van der Waals surface area (Å²) in [6, 6.07) is 4.61. The third kappa shape index (κ3) is 6.63. The van der Waals surface area contributed by atoms with Gasteiger partial charge in [0.2, 0.25) is 10.0 Å². The molecule has 1 aliphatic rings. The van der Waals surface area contributed by atoms with Crippen LogP contribution in [-0.4, -0.2) is 69.3 Å². The summed E-state index contributed by atoms with van der Waals surface area (Å²) in [5.41, 5.74) is 0.681. The highest BCUT2D eigenvalue weighted by atomic mass is 79.9. The van der Waals surface area contributed by atoms with E-state index < -0.39 is 10.0 Å². The summed E-state index contributed by atoms with van der Waals surface area (Å²) >= 11 is 3.30. The van der Waals surface area contributed by atoms with Gasteiger partial charge in [-0.2, -0.15) is 0 Å². The molecule has 1 aromatic heterocycles. The van der Waals surface area contributed by atoms with E-state index in [4.69, 9.17) is 9.47 Å². The lowest BCUT2D eigenvalue weighted by molar-refractivity contribution is 0.0390. The molecule has 2 heterocycles. The number of ether oxygens (including phenoxy) is 2. The Labute approximate surface area is 203 Å². The van der Waals surface area contributed by atoms with Crippen LogP contribution in [0.1, 0.15) is 38.8 Å². The number of aromatic amines is 1. The Hall–Kier alpha value is -1.79. The Morgan fingerprint density at radius 2 is 2.03 bits per heavy atom. The maximum absolute atomic E-state index is 13.0. The van der Waals surface area contributed by atoms with Crippen molar-refractivity contribution in [3.8, 4) is 17.1 Å². The summed E-state index contributed by atoms with van der Waals surface area (Å²) in [6.07, 6.45) is 0.782. The smallest absolute Gasteiger partial charge is 0.265 e. The first-order chi connectivity index (χ1) is 15.7. The largest absolute Gasteiger partial charge is 0.493 e. The number of H-pyrrole nitrogens is 1. The van der Waals surface area contributed by atoms with Crippen molar-refractivity contribution in [2.45, 2.75) is 38.0 Å². The fraction of sp³-hybridized carbons (Fsp3) is 0.545. The number of sulfonamides is 1. The van der Waals surface area contributed by atoms with Crippen molar-refractivity contribution in [1.29, 1.82) is 0 Å². The number of benzene rings is 1. The topological polar surface area (TPSA) is 114 Å². The zero-order chi connectivity index (χ0) is 24.0. The lowest BCUT2D eigenvalue weighted by Crippen LogP contribution is -2.41. The molecule has 1 fully saturated rings. The van der Waals surface area contributed by atoms with Gasteiger partial charge in [-0.05, 0) is 46.5 Å². The average molecular weight is 543 g/mol. The van der Waals surface area contributed by atoms with Gasteiger partial charge >= 0.3 is 0 Å². The molecule has 0 aliphatic carbocycles. The van der Waals surface area contributed by atoms with Gasteiger partial charge in [-0.3, -0.25) is 9.69 Å². The molecule has 3 rings (SSSR count). The van der Waals surface area contributed by atoms with Crippen LogP contribution in [0.25, 0.3) is 11.4 Å². The van der Waals surface area contributed by atoms with Gasteiger partial charge in [0.05, 0.1) is 36.0 Å². The Morgan fingerprint density at radius 3 is 2.70 bits per heavy atom. The Balaban J connectivity index is 1.92. The molecule has 0 bridgehead atoms. The van der Waals surface area contributed by atoms with Gasteiger partial charge in [-0.25, -0.2) is 18.1 Å². The molecule has 9 nitrogen and oxygen atoms in total. The first-order valence-corrected chi connectivity index (χ1v) is 13.4. The molecule has 0 saturated carbocycles. The second-order valence-electron chi connectivity index (χ2n) is 8.13. The monoisotopic (exact) mass is 542 g/mol. The van der Waals surface area contributed by atoms with E-state index >= 15 is 0 Å². The third-order valence-electron chi connectivity index (χ3n) is 5.24. The number of halogens is 1. The molecular formula is C22H31BrN4O5S. The highest BCUT2D eigenvalue weighted by molar-refractivity contribution is 9.10. The van der Waals surface area contributed by atoms with Crippen LogP contribution in [0.3, 0.4) is 0 Å². The normalized spacial score (nSPS) is 15.2. The van der Waals surface area contributed by atoms with Crippen molar-refractivity contribution in [2.24, 2.45) is 0 Å². The molecule has 1 aliphatic heterocycles. The summed E-state index contributed by atoms with van der Waals surface area (Å²) in [4.78, 5) is 22.1. The van der Waals surface area contributed by atoms with Gasteiger partial charge in [0.25, 0.3) is 5.56 Å². The van der Waals surface area contributed by atoms with Crippen molar-refractivity contribution in [3.63, 3.8) is 0 Å². The van der Waals surface area contributed by atoms with Gasteiger partial charge < -0.3 is 14.5 Å². The van der Waals surface area contributed by atoms with E-state index in [0.29, 0.717) is 47.8 Å². The van der Waals surface area contributed by atoms with Crippen molar-refractivity contribution >= 4 is 26.0 Å². The molecule has 11 heteroatoms. The second kappa shape index (κ2) is 11.6. The molecule has 1 aromatic carbocycles. The van der Waals surface area contributed by atoms with Crippen molar-refractivity contribution in [1.82, 2.24) is 19.6 Å². The highest BCUT2D eigenvalue weighted by Gasteiger charge is 2.21. The molecule has 182 valence electrons. The lowest BCUT2D eigenvalue weighted by atomic mass is 10.1. The van der Waals surface area contributed by atoms with Crippen LogP contribution in [0.4, 0.5) is 0 Å². The van der Waals surface area contributed by atoms with Crippen LogP contribution in [0.2, 0.25) is 0 Å². The predicted octanol–water partition coefficient (Wildman–Crippen LogP) is 2.72. The minimum atomic E-state index is -3.77. The SMILES string of the molecule is CCCOc1ccc(S(=O)(=O)NCCN2CCOCC2)cc1-c1nc(C(C)C)c(Br)c(=O)[nH]1. The fourth-order valence-corrected chi connectivity index (χ4v) is 5.12. The van der Waals surface area contributed by atoms with Gasteiger partial charge in [-0.15, -0.1) is 0 Å². The van der Waals surface area contributed by atoms with Gasteiger partial charge in [-0.1, -0.05) is 20.8 Å². The molecule has 2 aromatic rings. The minimum absolute atomic E-state index is 0.00537. The van der Waals surface area contributed by atoms with Gasteiger partial charge in [0.15, 0.2) is 0 Å². The van der Waals surface area contributed by atoms with Crippen LogP contribution < -0.4 is 15.0 Å². The van der Waals surface area contributed by atoms with E-state index in [2.05, 4.69) is 35.5 Å². The summed E-state index contributed by atoms with van der Waals surface area (Å²) in [5, 5.41) is 0. The van der Waals surface area contributed by atoms with E-state index in [0.717, 1.165) is 19.5 Å². The van der Waals surface area contributed by atoms with Gasteiger partial charge in [0, 0.05) is 26.2 Å². The number of hydrogen-bond acceptors (Lipinski definition) is 7. The van der Waals surface area contributed by atoms with E-state index in [9.17, 15) is 13.2 Å². The van der Waals surface area contributed by atoms with E-state index in [-0.39, 0.29) is 28.7 Å². The molecule has 33 heavy (non-hydrogen) atoms. The quantitative estimate of drug-likeness (QED) is 0.474. The molecule has 2 N–H and O–H groups in total. The third-order valence-corrected chi connectivity index (χ3v) is 7.46. The van der Waals surface area contributed by atoms with Crippen LogP contribution >= 0.6 is 15.9 Å². The van der Waals surface area contributed by atoms with E-state index in [1.807, 2.05) is 20.8 Å². The molecule has 0 unspecified atom stereocenters. The molecule has 0 amide bonds. The number of rotatable bonds is 10. The lowest BCUT2D eigenvalue weighted by Gasteiger charge is -2.26. The summed E-state index contributed by atoms with van der Waals surface area (Å²) in [7, 11) is -3.77. The van der Waals surface area contributed by atoms with Crippen molar-refractivity contribution < 1.29 is 17.9 Å². The maximum Gasteiger partial charge on any atom is 0.265 e. The zero-order valence-electron chi connectivity index (χ0n) is 19.2. The first kappa shape index (κ1) is 25.8. The summed E-state index contributed by atoms with van der Waals surface area (Å²) < 4.78 is 40.2. The second-order valence-corrected chi connectivity index (χ2v) is 10.7. The number of hydrogen-bond donors (Lipinski definition) is 2. The Bertz CT molecular complexity index is 1110. The van der Waals surface area contributed by atoms with Crippen molar-refractivity contribution in [2.75, 3.05) is 46.0 Å². The van der Waals surface area contributed by atoms with Crippen molar-refractivity contribution in [3.05, 3.63) is 38.7 Å². The predicted molar refractivity (Wildman–Crippen MR) is 130 cm³/mol. The molecule has 1 saturated heterocycles. The highest BCUT2D eigenvalue weighted by Crippen LogP contribution is 2.32. The number of morpholine rings is 1. The Kier molecular flexibility index (Phi) is 9.05. The number of nitrogens with one attached hydrogen (secondary N) is 2. The number of aromatic nitrogens is 2. The number of nitrogens with zero attached hydrogens (tertiary/aromatic N) is 2. The zero-order valence-corrected chi connectivity index (χ0v) is 21.6. The molecule has 0 spiro atoms.